The molecule has 26 valence electrons. The molecule has 0 atom stereocenters. The van der Waals surface area contributed by atoms with E-state index in [-0.39, 0.29) is 0 Å². The van der Waals surface area contributed by atoms with Gasteiger partial charge in [0.05, 0.1) is 0 Å². The van der Waals surface area contributed by atoms with Gasteiger partial charge < -0.3 is 5.72 Å². The summed E-state index contributed by atoms with van der Waals surface area (Å²) in [5.74, 6) is 0.576. The van der Waals surface area contributed by atoms with Crippen molar-refractivity contribution in [2.24, 2.45) is 5.72 Å². The van der Waals surface area contributed by atoms with Crippen molar-refractivity contribution in [3.63, 3.8) is 0 Å². The molecule has 0 amide bonds. The van der Waals surface area contributed by atoms with Crippen molar-refractivity contribution in [2.75, 3.05) is 12.3 Å². The first kappa shape index (κ1) is 1.67. The van der Waals surface area contributed by atoms with Gasteiger partial charge in [-0.2, -0.15) is 12.6 Å². The fourth-order valence-corrected chi connectivity index (χ4v) is 0. The zero-order valence-corrected chi connectivity index (χ0v) is 3.20. The molecule has 0 heterocycles. The van der Waals surface area contributed by atoms with Gasteiger partial charge in [0.15, 0.2) is 0 Å². The summed E-state index contributed by atoms with van der Waals surface area (Å²) in [5.41, 5.74) is 0.604. The first-order chi connectivity index (χ1) is 2.77. The van der Waals surface area contributed by atoms with E-state index >= 15 is 0 Å². The molecule has 2 heteroatoms. The predicted octanol–water partition coefficient (Wildman–Crippen LogP) is -0.125. The normalized spacial score (nSPS) is 15.5. The summed E-state index contributed by atoms with van der Waals surface area (Å²) >= 11 is 3.78. The molecule has 0 fully saturated rings. The zero-order chi connectivity index (χ0) is 4.99. The molecule has 0 aliphatic heterocycles. The lowest BCUT2D eigenvalue weighted by molar-refractivity contribution is 1.16. The number of nitrogens with two attached hydrogens (primary N) is 1. The summed E-state index contributed by atoms with van der Waals surface area (Å²) in [7, 11) is 0. The molecule has 0 saturated carbocycles. The number of hydrogen-bond acceptors (Lipinski definition) is 2. The minimum absolute atomic E-state index is 0.406. The van der Waals surface area contributed by atoms with Gasteiger partial charge in [-0.25, -0.2) is 0 Å². The van der Waals surface area contributed by atoms with Gasteiger partial charge in [-0.15, -0.1) is 0 Å². The molecule has 0 aromatic rings. The summed E-state index contributed by atoms with van der Waals surface area (Å²) in [6, 6.07) is 0. The second kappa shape index (κ2) is 3.31. The minimum atomic E-state index is 0.406. The van der Waals surface area contributed by atoms with Gasteiger partial charge in [-0.05, 0) is 0 Å². The highest BCUT2D eigenvalue weighted by Gasteiger charge is 1.56. The molecule has 0 aliphatic rings. The van der Waals surface area contributed by atoms with Gasteiger partial charge in [0.1, 0.15) is 2.82 Å². The first-order valence-corrected chi connectivity index (χ1v) is 1.76. The van der Waals surface area contributed by atoms with Crippen LogP contribution >= 0.6 is 12.6 Å². The molecule has 0 aliphatic carbocycles. The lowest BCUT2D eigenvalue weighted by atomic mass is 10.8. The lowest BCUT2D eigenvalue weighted by Crippen LogP contribution is -1.97. The van der Waals surface area contributed by atoms with Crippen LogP contribution in [0.4, 0.5) is 0 Å². The molecular formula is C2H7NS. The molecular weight excluding hydrogens is 70.1 g/mol. The third-order valence-electron chi connectivity index (χ3n) is 0.1000. The second-order valence-electron chi connectivity index (χ2n) is 0.447. The van der Waals surface area contributed by atoms with E-state index in [0.717, 1.165) is 0 Å². The topological polar surface area (TPSA) is 26.0 Å². The van der Waals surface area contributed by atoms with E-state index in [4.69, 9.17) is 2.82 Å². The molecule has 0 unspecified atom stereocenters. The van der Waals surface area contributed by atoms with E-state index in [1.54, 1.807) is 0 Å². The van der Waals surface area contributed by atoms with Crippen LogP contribution in [-0.4, -0.2) is 12.3 Å². The van der Waals surface area contributed by atoms with E-state index in [2.05, 4.69) is 12.6 Å². The standard InChI is InChI=1S/C2H7NS/c3-1-2-4/h4H,1-3H2/i/hD2. The van der Waals surface area contributed by atoms with E-state index in [0.29, 0.717) is 18.0 Å². The van der Waals surface area contributed by atoms with Gasteiger partial charge in [0.2, 0.25) is 0 Å². The number of rotatable bonds is 2. The second-order valence-corrected chi connectivity index (χ2v) is 0.894. The Labute approximate surface area is 34.5 Å². The Bertz CT molecular complexity index is 32.7. The first-order valence-electron chi connectivity index (χ1n) is 2.03. The van der Waals surface area contributed by atoms with Crippen LogP contribution in [0.25, 0.3) is 0 Å². The Morgan fingerprint density at radius 3 is 3.00 bits per heavy atom. The summed E-state index contributed by atoms with van der Waals surface area (Å²) in [5, 5.41) is 0. The van der Waals surface area contributed by atoms with Crippen LogP contribution in [0.15, 0.2) is 0 Å². The lowest BCUT2D eigenvalue weighted by Gasteiger charge is -1.69. The van der Waals surface area contributed by atoms with Crippen molar-refractivity contribution in [1.29, 1.82) is 0 Å². The van der Waals surface area contributed by atoms with Crippen molar-refractivity contribution in [1.82, 2.24) is 0 Å². The van der Waals surface area contributed by atoms with Gasteiger partial charge in [0, 0.05) is 12.3 Å². The fourth-order valence-electron chi connectivity index (χ4n) is 0. The highest BCUT2D eigenvalue weighted by atomic mass is 32.1. The number of thiol groups is 1. The Kier molecular flexibility index (Phi) is 1.39. The maximum absolute atomic E-state index is 6.43. The third kappa shape index (κ3) is 2.31. The average molecular weight is 79.2 g/mol. The molecule has 0 spiro atoms. The molecule has 4 heavy (non-hydrogen) atoms. The molecule has 0 rings (SSSR count). The molecule has 0 aromatic carbocycles. The van der Waals surface area contributed by atoms with Crippen LogP contribution in [0, 0.1) is 0 Å². The minimum Gasteiger partial charge on any atom is -0.330 e. The van der Waals surface area contributed by atoms with Crippen LogP contribution in [-0.2, 0) is 0 Å². The monoisotopic (exact) mass is 79.0 g/mol. The van der Waals surface area contributed by atoms with E-state index in [9.17, 15) is 0 Å². The van der Waals surface area contributed by atoms with Crippen LogP contribution in [0.1, 0.15) is 0 Å². The summed E-state index contributed by atoms with van der Waals surface area (Å²) < 4.78 is 12.9. The van der Waals surface area contributed by atoms with Gasteiger partial charge in [-0.1, -0.05) is 0 Å². The predicted molar refractivity (Wildman–Crippen MR) is 22.9 cm³/mol. The Morgan fingerprint density at radius 1 is 2.25 bits per heavy atom. The van der Waals surface area contributed by atoms with E-state index in [1.165, 1.54) is 0 Å². The maximum atomic E-state index is 6.43. The quantitative estimate of drug-likeness (QED) is 0.443. The van der Waals surface area contributed by atoms with Gasteiger partial charge in [-0.3, -0.25) is 0 Å². The zero-order valence-electron chi connectivity index (χ0n) is 4.31. The van der Waals surface area contributed by atoms with Crippen molar-refractivity contribution < 1.29 is 2.82 Å². The third-order valence-corrected chi connectivity index (χ3v) is 0.300. The van der Waals surface area contributed by atoms with Crippen molar-refractivity contribution >= 4 is 12.6 Å². The maximum Gasteiger partial charge on any atom is 0.118 e. The molecule has 0 saturated heterocycles. The highest BCUT2D eigenvalue weighted by Crippen LogP contribution is 1.58. The van der Waals surface area contributed by atoms with Crippen LogP contribution < -0.4 is 5.72 Å². The highest BCUT2D eigenvalue weighted by molar-refractivity contribution is 7.80. The SMILES string of the molecule is [2H]N([2H])CCS. The van der Waals surface area contributed by atoms with Crippen LogP contribution in [0.5, 0.6) is 0 Å². The van der Waals surface area contributed by atoms with E-state index < -0.39 is 0 Å². The van der Waals surface area contributed by atoms with Crippen molar-refractivity contribution in [2.45, 2.75) is 0 Å². The van der Waals surface area contributed by atoms with Crippen molar-refractivity contribution in [3.05, 3.63) is 0 Å². The summed E-state index contributed by atoms with van der Waals surface area (Å²) in [6.45, 7) is 0.406. The van der Waals surface area contributed by atoms with Gasteiger partial charge in [0.25, 0.3) is 0 Å². The Morgan fingerprint density at radius 2 is 3.00 bits per heavy atom. The largest absolute Gasteiger partial charge is 0.330 e. The molecule has 0 bridgehead atoms. The van der Waals surface area contributed by atoms with Crippen LogP contribution in [0.2, 0.25) is 2.82 Å². The molecule has 1 nitrogen and oxygen atoms in total. The molecule has 0 aromatic heterocycles. The number of hydrogen-bond donors (Lipinski definition) is 2. The summed E-state index contributed by atoms with van der Waals surface area (Å²) in [6.07, 6.45) is 0. The Balaban J connectivity index is 2.63. The average Bonchev–Trinajstić information content (AvgIpc) is 1.35. The van der Waals surface area contributed by atoms with Gasteiger partial charge >= 0.3 is 0 Å². The van der Waals surface area contributed by atoms with Crippen molar-refractivity contribution in [3.8, 4) is 0 Å². The smallest absolute Gasteiger partial charge is 0.118 e. The molecule has 2 N–H and O–H groups in total. The van der Waals surface area contributed by atoms with E-state index in [1.807, 2.05) is 0 Å². The fraction of sp³-hybridized carbons (Fsp3) is 1.00. The Hall–Kier alpha value is 0.310. The summed E-state index contributed by atoms with van der Waals surface area (Å²) in [4.78, 5) is 0. The van der Waals surface area contributed by atoms with Crippen LogP contribution in [0.3, 0.4) is 0 Å². The molecule has 0 radical (unpaired) electrons.